The summed E-state index contributed by atoms with van der Waals surface area (Å²) in [5.41, 5.74) is -1.53. The summed E-state index contributed by atoms with van der Waals surface area (Å²) in [5.74, 6) is -1.87. The molecule has 1 aromatic heterocycles. The zero-order valence-corrected chi connectivity index (χ0v) is 8.53. The van der Waals surface area contributed by atoms with E-state index in [1.807, 2.05) is 0 Å². The van der Waals surface area contributed by atoms with Crippen LogP contribution in [0.25, 0.3) is 0 Å². The maximum Gasteiger partial charge on any atom is 0.341 e. The number of rotatable bonds is 4. The molecule has 88 valence electrons. The lowest BCUT2D eigenvalue weighted by molar-refractivity contribution is 0.0677. The van der Waals surface area contributed by atoms with E-state index in [-0.39, 0.29) is 11.6 Å². The van der Waals surface area contributed by atoms with Crippen molar-refractivity contribution in [2.45, 2.75) is 6.43 Å². The predicted molar refractivity (Wildman–Crippen MR) is 49.3 cm³/mol. The lowest BCUT2D eigenvalue weighted by Crippen LogP contribution is -2.09. The number of carboxylic acids is 1. The fourth-order valence-electron chi connectivity index (χ4n) is 1.16. The summed E-state index contributed by atoms with van der Waals surface area (Å²) in [7, 11) is 2.41. The van der Waals surface area contributed by atoms with Crippen molar-refractivity contribution in [3.05, 3.63) is 17.3 Å². The molecule has 1 aromatic rings. The molecule has 0 bridgehead atoms. The van der Waals surface area contributed by atoms with Gasteiger partial charge in [-0.05, 0) is 0 Å². The van der Waals surface area contributed by atoms with Crippen molar-refractivity contribution in [1.82, 2.24) is 4.98 Å². The van der Waals surface area contributed by atoms with E-state index in [1.54, 1.807) is 0 Å². The molecule has 0 aliphatic carbocycles. The standard InChI is InChI=1S/C9H9F2NO4/c1-15-4-3-5(16-2)12-7(8(10)11)6(4)9(13)14/h3,8H,1-2H3,(H,13,14). The van der Waals surface area contributed by atoms with Gasteiger partial charge in [0.05, 0.1) is 14.2 Å². The summed E-state index contributed by atoms with van der Waals surface area (Å²) in [6, 6.07) is 1.13. The molecule has 0 unspecified atom stereocenters. The van der Waals surface area contributed by atoms with Gasteiger partial charge in [-0.15, -0.1) is 0 Å². The third kappa shape index (κ3) is 2.18. The normalized spacial score (nSPS) is 10.3. The molecule has 1 rings (SSSR count). The molecule has 0 spiro atoms. The molecular weight excluding hydrogens is 224 g/mol. The first-order valence-corrected chi connectivity index (χ1v) is 4.15. The summed E-state index contributed by atoms with van der Waals surface area (Å²) in [5, 5.41) is 8.80. The van der Waals surface area contributed by atoms with Gasteiger partial charge in [0.2, 0.25) is 5.88 Å². The number of halogens is 2. The van der Waals surface area contributed by atoms with Crippen LogP contribution in [0.4, 0.5) is 8.78 Å². The maximum atomic E-state index is 12.6. The van der Waals surface area contributed by atoms with Gasteiger partial charge in [0.25, 0.3) is 6.43 Å². The maximum absolute atomic E-state index is 12.6. The smallest absolute Gasteiger partial charge is 0.341 e. The van der Waals surface area contributed by atoms with Crippen LogP contribution >= 0.6 is 0 Å². The van der Waals surface area contributed by atoms with Gasteiger partial charge in [-0.25, -0.2) is 18.6 Å². The van der Waals surface area contributed by atoms with Crippen molar-refractivity contribution in [3.8, 4) is 11.6 Å². The molecule has 0 radical (unpaired) electrons. The van der Waals surface area contributed by atoms with Gasteiger partial charge in [-0.2, -0.15) is 0 Å². The number of carboxylic acid groups (broad SMARTS) is 1. The highest BCUT2D eigenvalue weighted by atomic mass is 19.3. The van der Waals surface area contributed by atoms with Gasteiger partial charge in [0.1, 0.15) is 17.0 Å². The van der Waals surface area contributed by atoms with Crippen molar-refractivity contribution < 1.29 is 28.2 Å². The Bertz CT molecular complexity index is 409. The minimum absolute atomic E-state index is 0.128. The van der Waals surface area contributed by atoms with Crippen LogP contribution in [-0.2, 0) is 0 Å². The van der Waals surface area contributed by atoms with E-state index in [1.165, 1.54) is 14.2 Å². The van der Waals surface area contributed by atoms with Crippen LogP contribution in [0.2, 0.25) is 0 Å². The Morgan fingerprint density at radius 3 is 2.44 bits per heavy atom. The molecule has 0 saturated carbocycles. The molecule has 5 nitrogen and oxygen atoms in total. The molecule has 1 heterocycles. The van der Waals surface area contributed by atoms with E-state index >= 15 is 0 Å². The quantitative estimate of drug-likeness (QED) is 0.857. The predicted octanol–water partition coefficient (Wildman–Crippen LogP) is 1.73. The molecule has 0 fully saturated rings. The minimum atomic E-state index is -3.02. The number of aromatic carboxylic acids is 1. The monoisotopic (exact) mass is 233 g/mol. The van der Waals surface area contributed by atoms with Gasteiger partial charge < -0.3 is 14.6 Å². The molecule has 0 amide bonds. The van der Waals surface area contributed by atoms with E-state index in [0.717, 1.165) is 6.07 Å². The second kappa shape index (κ2) is 4.73. The second-order valence-electron chi connectivity index (χ2n) is 2.73. The van der Waals surface area contributed by atoms with Gasteiger partial charge in [0, 0.05) is 6.07 Å². The van der Waals surface area contributed by atoms with Crippen LogP contribution in [-0.4, -0.2) is 30.3 Å². The van der Waals surface area contributed by atoms with Crippen LogP contribution < -0.4 is 9.47 Å². The third-order valence-corrected chi connectivity index (χ3v) is 1.84. The first-order chi connectivity index (χ1) is 7.51. The number of ether oxygens (including phenoxy) is 2. The van der Waals surface area contributed by atoms with Crippen molar-refractivity contribution in [3.63, 3.8) is 0 Å². The van der Waals surface area contributed by atoms with Gasteiger partial charge >= 0.3 is 5.97 Å². The van der Waals surface area contributed by atoms with Crippen LogP contribution in [0.1, 0.15) is 22.5 Å². The molecule has 0 aliphatic heterocycles. The Hall–Kier alpha value is -1.92. The Balaban J connectivity index is 3.47. The number of pyridine rings is 1. The molecule has 0 saturated heterocycles. The van der Waals surface area contributed by atoms with Crippen molar-refractivity contribution in [1.29, 1.82) is 0 Å². The zero-order chi connectivity index (χ0) is 12.3. The Kier molecular flexibility index (Phi) is 3.60. The molecule has 0 aliphatic rings. The Labute approximate surface area is 89.6 Å². The largest absolute Gasteiger partial charge is 0.496 e. The lowest BCUT2D eigenvalue weighted by atomic mass is 10.1. The fourth-order valence-corrected chi connectivity index (χ4v) is 1.16. The van der Waals surface area contributed by atoms with Gasteiger partial charge in [-0.1, -0.05) is 0 Å². The first-order valence-electron chi connectivity index (χ1n) is 4.15. The summed E-state index contributed by atoms with van der Waals surface area (Å²) >= 11 is 0. The third-order valence-electron chi connectivity index (χ3n) is 1.84. The highest BCUT2D eigenvalue weighted by molar-refractivity contribution is 5.92. The number of nitrogens with zero attached hydrogens (tertiary/aromatic N) is 1. The van der Waals surface area contributed by atoms with Crippen LogP contribution in [0.5, 0.6) is 11.6 Å². The van der Waals surface area contributed by atoms with E-state index in [2.05, 4.69) is 9.72 Å². The zero-order valence-electron chi connectivity index (χ0n) is 8.53. The molecule has 7 heteroatoms. The van der Waals surface area contributed by atoms with E-state index in [0.29, 0.717) is 0 Å². The number of carbonyl (C=O) groups is 1. The number of alkyl halides is 2. The van der Waals surface area contributed by atoms with E-state index < -0.39 is 23.7 Å². The Morgan fingerprint density at radius 2 is 2.06 bits per heavy atom. The lowest BCUT2D eigenvalue weighted by Gasteiger charge is -2.11. The minimum Gasteiger partial charge on any atom is -0.496 e. The van der Waals surface area contributed by atoms with Crippen molar-refractivity contribution >= 4 is 5.97 Å². The molecule has 16 heavy (non-hydrogen) atoms. The Morgan fingerprint density at radius 1 is 1.44 bits per heavy atom. The average molecular weight is 233 g/mol. The van der Waals surface area contributed by atoms with Crippen LogP contribution in [0, 0.1) is 0 Å². The fraction of sp³-hybridized carbons (Fsp3) is 0.333. The summed E-state index contributed by atoms with van der Waals surface area (Å²) < 4.78 is 34.5. The number of aromatic nitrogens is 1. The topological polar surface area (TPSA) is 68.7 Å². The van der Waals surface area contributed by atoms with Crippen LogP contribution in [0.15, 0.2) is 6.07 Å². The molecule has 1 N–H and O–H groups in total. The second-order valence-corrected chi connectivity index (χ2v) is 2.73. The molecule has 0 aromatic carbocycles. The molecule has 0 atom stereocenters. The van der Waals surface area contributed by atoms with E-state index in [9.17, 15) is 13.6 Å². The van der Waals surface area contributed by atoms with Gasteiger partial charge in [-0.3, -0.25) is 0 Å². The first kappa shape index (κ1) is 12.2. The van der Waals surface area contributed by atoms with Crippen LogP contribution in [0.3, 0.4) is 0 Å². The average Bonchev–Trinajstić information content (AvgIpc) is 2.26. The highest BCUT2D eigenvalue weighted by Crippen LogP contribution is 2.31. The van der Waals surface area contributed by atoms with Gasteiger partial charge in [0.15, 0.2) is 0 Å². The van der Waals surface area contributed by atoms with Crippen molar-refractivity contribution in [2.75, 3.05) is 14.2 Å². The van der Waals surface area contributed by atoms with E-state index in [4.69, 9.17) is 9.84 Å². The molecular formula is C9H9F2NO4. The summed E-state index contributed by atoms with van der Waals surface area (Å²) in [4.78, 5) is 14.2. The number of hydrogen-bond donors (Lipinski definition) is 1. The number of hydrogen-bond acceptors (Lipinski definition) is 4. The summed E-state index contributed by atoms with van der Waals surface area (Å²) in [6.45, 7) is 0. The summed E-state index contributed by atoms with van der Waals surface area (Å²) in [6.07, 6.45) is -3.02. The highest BCUT2D eigenvalue weighted by Gasteiger charge is 2.25. The van der Waals surface area contributed by atoms with Crippen molar-refractivity contribution in [2.24, 2.45) is 0 Å². The SMILES string of the molecule is COc1cc(OC)c(C(=O)O)c(C(F)F)n1. The number of methoxy groups -OCH3 is 2.